The van der Waals surface area contributed by atoms with Gasteiger partial charge in [0.25, 0.3) is 10.0 Å². The van der Waals surface area contributed by atoms with Crippen molar-refractivity contribution < 1.29 is 17.4 Å². The van der Waals surface area contributed by atoms with Crippen molar-refractivity contribution in [1.29, 1.82) is 0 Å². The molecular weight excluding hydrogens is 446 g/mol. The number of nitrogens with zero attached hydrogens (tertiary/aromatic N) is 1. The number of nitrogens with one attached hydrogen (secondary N) is 1. The summed E-state index contributed by atoms with van der Waals surface area (Å²) < 4.78 is 46.7. The first-order valence-electron chi connectivity index (χ1n) is 8.71. The number of nitrogens with two attached hydrogens (primary N) is 1. The van der Waals surface area contributed by atoms with Gasteiger partial charge < -0.3 is 14.7 Å². The highest BCUT2D eigenvalue weighted by Crippen LogP contribution is 2.31. The van der Waals surface area contributed by atoms with Gasteiger partial charge in [0.1, 0.15) is 22.8 Å². The van der Waals surface area contributed by atoms with Gasteiger partial charge in [0.15, 0.2) is 4.90 Å². The minimum Gasteiger partial charge on any atom is -0.611 e. The lowest BCUT2D eigenvalue weighted by Crippen LogP contribution is -2.16. The number of halogens is 1. The van der Waals surface area contributed by atoms with E-state index in [0.29, 0.717) is 27.4 Å². The lowest BCUT2D eigenvalue weighted by atomic mass is 10.3. The van der Waals surface area contributed by atoms with Crippen LogP contribution in [0.2, 0.25) is 5.02 Å². The predicted molar refractivity (Wildman–Crippen MR) is 117 cm³/mol. The van der Waals surface area contributed by atoms with E-state index in [2.05, 4.69) is 9.71 Å². The van der Waals surface area contributed by atoms with Crippen LogP contribution in [0.5, 0.6) is 0 Å². The number of hydrogen-bond donors (Lipinski definition) is 2. The molecule has 4 aromatic rings. The van der Waals surface area contributed by atoms with Crippen LogP contribution in [0.4, 0.5) is 11.5 Å². The average molecular weight is 462 g/mol. The summed E-state index contributed by atoms with van der Waals surface area (Å²) in [6, 6.07) is 16.2. The van der Waals surface area contributed by atoms with E-state index in [4.69, 9.17) is 21.8 Å². The molecule has 2 aromatic carbocycles. The molecule has 0 bridgehead atoms. The van der Waals surface area contributed by atoms with E-state index in [9.17, 15) is 13.0 Å². The number of benzene rings is 2. The molecule has 30 heavy (non-hydrogen) atoms. The Morgan fingerprint density at radius 2 is 1.93 bits per heavy atom. The number of fused-ring (bicyclic) bond motifs is 1. The topological polar surface area (TPSA) is 121 Å². The molecule has 3 N–H and O–H groups in total. The Morgan fingerprint density at radius 1 is 1.13 bits per heavy atom. The molecule has 154 valence electrons. The van der Waals surface area contributed by atoms with Gasteiger partial charge in [-0.05, 0) is 47.6 Å². The van der Waals surface area contributed by atoms with E-state index in [1.807, 2.05) is 0 Å². The van der Waals surface area contributed by atoms with Crippen molar-refractivity contribution in [1.82, 2.24) is 4.98 Å². The number of sulfonamides is 1. The molecule has 7 nitrogen and oxygen atoms in total. The highest BCUT2D eigenvalue weighted by atomic mass is 35.5. The summed E-state index contributed by atoms with van der Waals surface area (Å²) in [6.45, 7) is 0. The largest absolute Gasteiger partial charge is 0.611 e. The number of pyridine rings is 1. The Bertz CT molecular complexity index is 1290. The molecule has 0 radical (unpaired) electrons. The second kappa shape index (κ2) is 8.19. The van der Waals surface area contributed by atoms with Crippen LogP contribution in [0.1, 0.15) is 5.56 Å². The third kappa shape index (κ3) is 4.39. The summed E-state index contributed by atoms with van der Waals surface area (Å²) in [5.41, 5.74) is 6.94. The minimum absolute atomic E-state index is 0.114. The van der Waals surface area contributed by atoms with Crippen LogP contribution < -0.4 is 10.5 Å². The smallest absolute Gasteiger partial charge is 0.295 e. The second-order valence-corrected chi connectivity index (χ2v) is 9.90. The number of furan rings is 1. The van der Waals surface area contributed by atoms with Crippen LogP contribution in [0.25, 0.3) is 11.0 Å². The van der Waals surface area contributed by atoms with E-state index in [1.54, 1.807) is 42.5 Å². The number of rotatable bonds is 6. The van der Waals surface area contributed by atoms with E-state index < -0.39 is 21.2 Å². The van der Waals surface area contributed by atoms with E-state index in [-0.39, 0.29) is 21.4 Å². The zero-order chi connectivity index (χ0) is 21.3. The van der Waals surface area contributed by atoms with Crippen molar-refractivity contribution in [3.8, 4) is 0 Å². The van der Waals surface area contributed by atoms with Crippen molar-refractivity contribution in [2.75, 3.05) is 10.5 Å². The molecule has 0 amide bonds. The molecular formula is C20H16ClN3O4S2. The molecule has 0 aliphatic carbocycles. The molecule has 0 spiro atoms. The van der Waals surface area contributed by atoms with Gasteiger partial charge in [-0.1, -0.05) is 29.8 Å². The maximum atomic E-state index is 13.0. The van der Waals surface area contributed by atoms with E-state index in [1.165, 1.54) is 24.4 Å². The first kappa shape index (κ1) is 20.5. The van der Waals surface area contributed by atoms with Crippen molar-refractivity contribution in [2.24, 2.45) is 0 Å². The highest BCUT2D eigenvalue weighted by Gasteiger charge is 2.25. The molecule has 1 unspecified atom stereocenters. The van der Waals surface area contributed by atoms with Crippen LogP contribution in [-0.2, 0) is 27.0 Å². The van der Waals surface area contributed by atoms with E-state index >= 15 is 0 Å². The molecule has 0 saturated heterocycles. The predicted octanol–water partition coefficient (Wildman–Crippen LogP) is 4.17. The van der Waals surface area contributed by atoms with Crippen LogP contribution in [0, 0.1) is 0 Å². The lowest BCUT2D eigenvalue weighted by molar-refractivity contribution is 0.484. The summed E-state index contributed by atoms with van der Waals surface area (Å²) in [6.07, 6.45) is 1.52. The van der Waals surface area contributed by atoms with Gasteiger partial charge in [-0.3, -0.25) is 4.72 Å². The summed E-state index contributed by atoms with van der Waals surface area (Å²) in [5, 5.41) is 0.705. The third-order valence-electron chi connectivity index (χ3n) is 4.24. The van der Waals surface area contributed by atoms with Crippen LogP contribution in [0.3, 0.4) is 0 Å². The van der Waals surface area contributed by atoms with E-state index in [0.717, 1.165) is 0 Å². The lowest BCUT2D eigenvalue weighted by Gasteiger charge is -2.15. The number of hydrogen-bond acceptors (Lipinski definition) is 6. The summed E-state index contributed by atoms with van der Waals surface area (Å²) in [4.78, 5) is 4.19. The first-order chi connectivity index (χ1) is 14.3. The van der Waals surface area contributed by atoms with Crippen LogP contribution in [0.15, 0.2) is 81.3 Å². The van der Waals surface area contributed by atoms with Gasteiger partial charge in [-0.2, -0.15) is 8.42 Å². The molecule has 0 aliphatic heterocycles. The normalized spacial score (nSPS) is 12.7. The zero-order valence-corrected chi connectivity index (χ0v) is 17.8. The Morgan fingerprint density at radius 3 is 2.70 bits per heavy atom. The van der Waals surface area contributed by atoms with Crippen molar-refractivity contribution >= 4 is 55.3 Å². The number of para-hydroxylation sites is 1. The van der Waals surface area contributed by atoms with Crippen molar-refractivity contribution in [2.45, 2.75) is 15.7 Å². The Kier molecular flexibility index (Phi) is 5.61. The molecule has 0 fully saturated rings. The Labute approximate surface area is 181 Å². The van der Waals surface area contributed by atoms with Gasteiger partial charge in [-0.25, -0.2) is 4.98 Å². The molecule has 0 aliphatic rings. The zero-order valence-electron chi connectivity index (χ0n) is 15.4. The quantitative estimate of drug-likeness (QED) is 0.415. The number of anilines is 2. The maximum absolute atomic E-state index is 13.0. The van der Waals surface area contributed by atoms with Gasteiger partial charge in [-0.15, -0.1) is 0 Å². The SMILES string of the molecule is Nc1cc(C[S+]([O-])c2ccc(Cl)cc2NS(=O)(=O)c2cc3ccccc3o2)ccn1. The average Bonchev–Trinajstić information content (AvgIpc) is 3.13. The standard InChI is InChI=1S/C20H16ClN3O4S2/c21-15-5-6-18(29(25)12-13-7-8-23-19(22)9-13)16(11-15)24-30(26,27)20-10-14-3-1-2-4-17(14)28-20/h1-11,24H,12H2,(H2,22,23). The maximum Gasteiger partial charge on any atom is 0.295 e. The Hall–Kier alpha value is -2.72. The fourth-order valence-electron chi connectivity index (χ4n) is 2.88. The van der Waals surface area contributed by atoms with Crippen LogP contribution >= 0.6 is 11.6 Å². The fraction of sp³-hybridized carbons (Fsp3) is 0.0500. The Balaban J connectivity index is 1.65. The van der Waals surface area contributed by atoms with Gasteiger partial charge in [0.05, 0.1) is 0 Å². The molecule has 2 aromatic heterocycles. The summed E-state index contributed by atoms with van der Waals surface area (Å²) >= 11 is 4.49. The third-order valence-corrected chi connectivity index (χ3v) is 7.14. The molecule has 10 heteroatoms. The number of aromatic nitrogens is 1. The second-order valence-electron chi connectivity index (χ2n) is 6.43. The summed E-state index contributed by atoms with van der Waals surface area (Å²) in [5.74, 6) is 0.444. The van der Waals surface area contributed by atoms with Crippen LogP contribution in [-0.4, -0.2) is 18.0 Å². The first-order valence-corrected chi connectivity index (χ1v) is 11.9. The van der Waals surface area contributed by atoms with Gasteiger partial charge in [0.2, 0.25) is 5.09 Å². The van der Waals surface area contributed by atoms with Gasteiger partial charge >= 0.3 is 0 Å². The number of nitrogen functional groups attached to an aromatic ring is 1. The molecule has 1 atom stereocenters. The summed E-state index contributed by atoms with van der Waals surface area (Å²) in [7, 11) is -4.07. The fourth-order valence-corrected chi connectivity index (χ4v) is 5.37. The monoisotopic (exact) mass is 461 g/mol. The molecule has 2 heterocycles. The minimum atomic E-state index is -4.07. The van der Waals surface area contributed by atoms with Crippen molar-refractivity contribution in [3.63, 3.8) is 0 Å². The molecule has 0 saturated carbocycles. The van der Waals surface area contributed by atoms with Crippen molar-refractivity contribution in [3.05, 3.63) is 77.4 Å². The van der Waals surface area contributed by atoms with Gasteiger partial charge in [0, 0.05) is 28.2 Å². The highest BCUT2D eigenvalue weighted by molar-refractivity contribution is 7.93. The molecule has 4 rings (SSSR count).